The highest BCUT2D eigenvalue weighted by Gasteiger charge is 2.58. The Kier molecular flexibility index (Phi) is 4.40. The van der Waals surface area contributed by atoms with Crippen LogP contribution in [0.25, 0.3) is 0 Å². The second-order valence-corrected chi connectivity index (χ2v) is 5.61. The summed E-state index contributed by atoms with van der Waals surface area (Å²) in [6.45, 7) is 0.632. The maximum absolute atomic E-state index is 15.2. The van der Waals surface area contributed by atoms with Crippen LogP contribution in [0.3, 0.4) is 0 Å². The van der Waals surface area contributed by atoms with Gasteiger partial charge in [0.25, 0.3) is 0 Å². The lowest BCUT2D eigenvalue weighted by molar-refractivity contribution is -0.208. The van der Waals surface area contributed by atoms with Gasteiger partial charge in [0.05, 0.1) is 18.4 Å². The van der Waals surface area contributed by atoms with E-state index in [4.69, 9.17) is 0 Å². The van der Waals surface area contributed by atoms with Gasteiger partial charge in [0.1, 0.15) is 23.7 Å². The molecule has 0 bridgehead atoms. The summed E-state index contributed by atoms with van der Waals surface area (Å²) in [5.41, 5.74) is -4.50. The van der Waals surface area contributed by atoms with E-state index in [-0.39, 0.29) is 0 Å². The molecular formula is C15H12F4N6O. The minimum Gasteiger partial charge on any atom is -0.377 e. The van der Waals surface area contributed by atoms with Crippen LogP contribution in [0.5, 0.6) is 0 Å². The Bertz CT molecular complexity index is 903. The fourth-order valence-electron chi connectivity index (χ4n) is 2.43. The maximum atomic E-state index is 15.2. The average Bonchev–Trinajstić information content (AvgIpc) is 3.07. The summed E-state index contributed by atoms with van der Waals surface area (Å²) in [7, 11) is 0. The topological polar surface area (TPSA) is 89.6 Å². The molecule has 0 radical (unpaired) electrons. The molecule has 0 amide bonds. The van der Waals surface area contributed by atoms with Gasteiger partial charge in [0.2, 0.25) is 0 Å². The summed E-state index contributed by atoms with van der Waals surface area (Å²) in [6, 6.07) is 1.90. The summed E-state index contributed by atoms with van der Waals surface area (Å²) in [4.78, 5) is 7.32. The van der Waals surface area contributed by atoms with Crippen molar-refractivity contribution < 1.29 is 22.7 Å². The molecule has 136 valence electrons. The number of aryl methyl sites for hydroxylation is 1. The molecule has 1 atom stereocenters. The molecule has 0 saturated heterocycles. The lowest BCUT2D eigenvalue weighted by Crippen LogP contribution is -2.48. The third-order valence-electron chi connectivity index (χ3n) is 3.78. The van der Waals surface area contributed by atoms with Crippen molar-refractivity contribution in [3.8, 4) is 0 Å². The van der Waals surface area contributed by atoms with Gasteiger partial charge in [-0.2, -0.15) is 8.78 Å². The van der Waals surface area contributed by atoms with E-state index >= 15 is 8.78 Å². The van der Waals surface area contributed by atoms with Gasteiger partial charge in [0.15, 0.2) is 5.60 Å². The van der Waals surface area contributed by atoms with Crippen molar-refractivity contribution in [2.24, 2.45) is 0 Å². The number of tetrazole rings is 1. The largest absolute Gasteiger partial charge is 0.377 e. The fourth-order valence-corrected chi connectivity index (χ4v) is 2.43. The van der Waals surface area contributed by atoms with Gasteiger partial charge in [0, 0.05) is 17.8 Å². The Morgan fingerprint density at radius 1 is 1.15 bits per heavy atom. The van der Waals surface area contributed by atoms with Gasteiger partial charge in [-0.3, -0.25) is 9.97 Å². The van der Waals surface area contributed by atoms with Crippen LogP contribution in [0, 0.1) is 18.6 Å². The standard InChI is InChI=1S/C15H12F4N6O/c1-9-5-21-13(6-20-9)15(18,19)14(26,7-25-8-22-23-24-25)11-3-2-10(16)4-12(11)17/h2-6,8,26H,7H2,1H3. The van der Waals surface area contributed by atoms with Gasteiger partial charge in [-0.15, -0.1) is 5.10 Å². The van der Waals surface area contributed by atoms with Gasteiger partial charge in [-0.1, -0.05) is 0 Å². The smallest absolute Gasteiger partial charge is 0.325 e. The van der Waals surface area contributed by atoms with Crippen LogP contribution < -0.4 is 0 Å². The Balaban J connectivity index is 2.17. The van der Waals surface area contributed by atoms with E-state index in [1.54, 1.807) is 6.92 Å². The lowest BCUT2D eigenvalue weighted by atomic mass is 9.85. The maximum Gasteiger partial charge on any atom is 0.325 e. The zero-order valence-electron chi connectivity index (χ0n) is 13.3. The molecular weight excluding hydrogens is 356 g/mol. The molecule has 1 N–H and O–H groups in total. The molecule has 0 saturated carbocycles. The van der Waals surface area contributed by atoms with Crippen LogP contribution in [-0.2, 0) is 18.1 Å². The van der Waals surface area contributed by atoms with Crippen molar-refractivity contribution in [2.45, 2.75) is 25.0 Å². The molecule has 0 aliphatic rings. The molecule has 1 unspecified atom stereocenters. The Morgan fingerprint density at radius 3 is 2.50 bits per heavy atom. The number of hydrogen-bond donors (Lipinski definition) is 1. The van der Waals surface area contributed by atoms with Gasteiger partial charge >= 0.3 is 5.92 Å². The second kappa shape index (κ2) is 6.41. The molecule has 2 heterocycles. The van der Waals surface area contributed by atoms with E-state index in [9.17, 15) is 13.9 Å². The number of hydrogen-bond acceptors (Lipinski definition) is 6. The summed E-state index contributed by atoms with van der Waals surface area (Å²) >= 11 is 0. The normalized spacial score (nSPS) is 14.2. The number of nitrogens with zero attached hydrogens (tertiary/aromatic N) is 6. The Hall–Kier alpha value is -2.95. The number of rotatable bonds is 5. The average molecular weight is 368 g/mol. The molecule has 0 aliphatic heterocycles. The molecule has 0 spiro atoms. The molecule has 1 aromatic carbocycles. The molecule has 2 aromatic heterocycles. The molecule has 0 aliphatic carbocycles. The van der Waals surface area contributed by atoms with E-state index in [0.29, 0.717) is 11.8 Å². The summed E-state index contributed by atoms with van der Waals surface area (Å²) < 4.78 is 58.7. The molecule has 26 heavy (non-hydrogen) atoms. The molecule has 0 fully saturated rings. The molecule has 7 nitrogen and oxygen atoms in total. The third-order valence-corrected chi connectivity index (χ3v) is 3.78. The zero-order valence-corrected chi connectivity index (χ0v) is 13.3. The summed E-state index contributed by atoms with van der Waals surface area (Å²) in [5, 5.41) is 20.9. The highest BCUT2D eigenvalue weighted by atomic mass is 19.3. The van der Waals surface area contributed by atoms with Crippen molar-refractivity contribution in [1.82, 2.24) is 30.2 Å². The van der Waals surface area contributed by atoms with Crippen LogP contribution in [0.1, 0.15) is 17.0 Å². The van der Waals surface area contributed by atoms with Gasteiger partial charge in [-0.25, -0.2) is 13.5 Å². The van der Waals surface area contributed by atoms with Crippen molar-refractivity contribution >= 4 is 0 Å². The molecule has 3 aromatic rings. The van der Waals surface area contributed by atoms with Crippen molar-refractivity contribution in [2.75, 3.05) is 0 Å². The third kappa shape index (κ3) is 3.01. The van der Waals surface area contributed by atoms with Crippen LogP contribution in [-0.4, -0.2) is 35.3 Å². The van der Waals surface area contributed by atoms with Crippen LogP contribution in [0.2, 0.25) is 0 Å². The predicted octanol–water partition coefficient (Wildman–Crippen LogP) is 1.73. The van der Waals surface area contributed by atoms with Gasteiger partial charge < -0.3 is 5.11 Å². The molecule has 11 heteroatoms. The summed E-state index contributed by atoms with van der Waals surface area (Å²) in [6.07, 6.45) is 2.84. The summed E-state index contributed by atoms with van der Waals surface area (Å²) in [5.74, 6) is -6.42. The zero-order chi connectivity index (χ0) is 18.9. The minimum absolute atomic E-state index is 0.376. The number of aromatic nitrogens is 6. The first-order valence-electron chi connectivity index (χ1n) is 7.29. The Labute approximate surface area is 144 Å². The fraction of sp³-hybridized carbons (Fsp3) is 0.267. The van der Waals surface area contributed by atoms with Crippen molar-refractivity contribution in [3.05, 3.63) is 65.5 Å². The highest BCUT2D eigenvalue weighted by molar-refractivity contribution is 5.30. The van der Waals surface area contributed by atoms with E-state index in [0.717, 1.165) is 35.5 Å². The molecule has 3 rings (SSSR count). The van der Waals surface area contributed by atoms with Crippen molar-refractivity contribution in [3.63, 3.8) is 0 Å². The Morgan fingerprint density at radius 2 is 1.92 bits per heavy atom. The second-order valence-electron chi connectivity index (χ2n) is 5.61. The van der Waals surface area contributed by atoms with E-state index in [1.807, 2.05) is 0 Å². The first-order chi connectivity index (χ1) is 12.2. The van der Waals surface area contributed by atoms with E-state index in [2.05, 4.69) is 25.5 Å². The highest BCUT2D eigenvalue weighted by Crippen LogP contribution is 2.46. The number of benzene rings is 1. The quantitative estimate of drug-likeness (QED) is 0.690. The monoisotopic (exact) mass is 368 g/mol. The van der Waals surface area contributed by atoms with Crippen LogP contribution in [0.4, 0.5) is 17.6 Å². The van der Waals surface area contributed by atoms with Crippen molar-refractivity contribution in [1.29, 1.82) is 0 Å². The SMILES string of the molecule is Cc1cnc(C(F)(F)C(O)(Cn2cnnn2)c2ccc(F)cc2F)cn1. The lowest BCUT2D eigenvalue weighted by Gasteiger charge is -2.35. The van der Waals surface area contributed by atoms with E-state index in [1.165, 1.54) is 0 Å². The first kappa shape index (κ1) is 17.9. The van der Waals surface area contributed by atoms with Gasteiger partial charge in [-0.05, 0) is 29.5 Å². The number of aliphatic hydroxyl groups is 1. The number of halogens is 4. The first-order valence-corrected chi connectivity index (χ1v) is 7.29. The van der Waals surface area contributed by atoms with E-state index < -0.39 is 41.0 Å². The minimum atomic E-state index is -4.10. The van der Waals surface area contributed by atoms with Crippen LogP contribution >= 0.6 is 0 Å². The van der Waals surface area contributed by atoms with Crippen LogP contribution in [0.15, 0.2) is 36.9 Å². The predicted molar refractivity (Wildman–Crippen MR) is 78.7 cm³/mol. The number of alkyl halides is 2.